The smallest absolute Gasteiger partial charge is 0.221 e. The second-order valence-electron chi connectivity index (χ2n) is 8.10. The van der Waals surface area contributed by atoms with Crippen molar-refractivity contribution in [1.82, 2.24) is 5.32 Å². The molecule has 1 N–H and O–H groups in total. The number of ether oxygens (including phenoxy) is 1. The van der Waals surface area contributed by atoms with Crippen LogP contribution in [0.4, 0.5) is 0 Å². The van der Waals surface area contributed by atoms with E-state index >= 15 is 0 Å². The summed E-state index contributed by atoms with van der Waals surface area (Å²) in [6, 6.07) is 12.7. The van der Waals surface area contributed by atoms with Crippen molar-refractivity contribution in [2.24, 2.45) is 0 Å². The molecule has 1 fully saturated rings. The van der Waals surface area contributed by atoms with Crippen LogP contribution in [-0.2, 0) is 21.5 Å². The molecule has 26 heavy (non-hydrogen) atoms. The lowest BCUT2D eigenvalue weighted by Crippen LogP contribution is -2.46. The molecular formula is C22H29NO2S. The Kier molecular flexibility index (Phi) is 5.54. The van der Waals surface area contributed by atoms with Crippen LogP contribution in [0.1, 0.15) is 54.0 Å². The van der Waals surface area contributed by atoms with Gasteiger partial charge >= 0.3 is 0 Å². The third-order valence-corrected chi connectivity index (χ3v) is 6.31. The Morgan fingerprint density at radius 3 is 2.62 bits per heavy atom. The van der Waals surface area contributed by atoms with E-state index in [9.17, 15) is 4.79 Å². The molecule has 0 unspecified atom stereocenters. The lowest BCUT2D eigenvalue weighted by atomic mass is 9.66. The van der Waals surface area contributed by atoms with Gasteiger partial charge in [0, 0.05) is 28.2 Å². The first-order valence-electron chi connectivity index (χ1n) is 9.32. The first-order chi connectivity index (χ1) is 12.3. The summed E-state index contributed by atoms with van der Waals surface area (Å²) in [7, 11) is 0. The maximum absolute atomic E-state index is 12.8. The highest BCUT2D eigenvalue weighted by atomic mass is 32.1. The van der Waals surface area contributed by atoms with Gasteiger partial charge in [-0.05, 0) is 63.8 Å². The minimum atomic E-state index is -0.217. The highest BCUT2D eigenvalue weighted by Crippen LogP contribution is 2.45. The Hall–Kier alpha value is -1.65. The number of carbonyl (C=O) groups excluding carboxylic acids is 1. The van der Waals surface area contributed by atoms with Crippen LogP contribution in [0, 0.1) is 13.8 Å². The van der Waals surface area contributed by atoms with E-state index in [4.69, 9.17) is 4.74 Å². The molecule has 1 aliphatic heterocycles. The van der Waals surface area contributed by atoms with Gasteiger partial charge in [0.15, 0.2) is 0 Å². The van der Waals surface area contributed by atoms with Crippen LogP contribution in [0.2, 0.25) is 0 Å². The van der Waals surface area contributed by atoms with Crippen molar-refractivity contribution >= 4 is 17.2 Å². The van der Waals surface area contributed by atoms with E-state index in [2.05, 4.69) is 69.4 Å². The summed E-state index contributed by atoms with van der Waals surface area (Å²) in [5, 5.41) is 3.13. The maximum Gasteiger partial charge on any atom is 0.221 e. The third kappa shape index (κ3) is 4.36. The van der Waals surface area contributed by atoms with Crippen molar-refractivity contribution in [1.29, 1.82) is 0 Å². The van der Waals surface area contributed by atoms with Gasteiger partial charge in [-0.3, -0.25) is 4.79 Å². The Bertz CT molecular complexity index is 780. The lowest BCUT2D eigenvalue weighted by molar-refractivity contribution is -0.126. The summed E-state index contributed by atoms with van der Waals surface area (Å²) in [5.41, 5.74) is 2.17. The Morgan fingerprint density at radius 2 is 1.96 bits per heavy atom. The summed E-state index contributed by atoms with van der Waals surface area (Å²) in [6.45, 7) is 9.80. The van der Waals surface area contributed by atoms with Gasteiger partial charge in [-0.1, -0.05) is 24.3 Å². The van der Waals surface area contributed by atoms with E-state index in [-0.39, 0.29) is 16.9 Å². The third-order valence-electron chi connectivity index (χ3n) is 5.31. The predicted molar refractivity (Wildman–Crippen MR) is 108 cm³/mol. The average Bonchev–Trinajstić information content (AvgIpc) is 2.98. The van der Waals surface area contributed by atoms with E-state index in [0.717, 1.165) is 12.8 Å². The fourth-order valence-corrected chi connectivity index (χ4v) is 5.09. The summed E-state index contributed by atoms with van der Waals surface area (Å²) in [5.74, 6) is 0.122. The summed E-state index contributed by atoms with van der Waals surface area (Å²) >= 11 is 1.74. The van der Waals surface area contributed by atoms with E-state index in [1.54, 1.807) is 11.3 Å². The predicted octanol–water partition coefficient (Wildman–Crippen LogP) is 4.90. The van der Waals surface area contributed by atoms with Crippen LogP contribution in [0.3, 0.4) is 0 Å². The lowest BCUT2D eigenvalue weighted by Gasteiger charge is -2.45. The largest absolute Gasteiger partial charge is 0.376 e. The zero-order valence-electron chi connectivity index (χ0n) is 16.2. The molecule has 0 spiro atoms. The molecule has 2 heterocycles. The van der Waals surface area contributed by atoms with Gasteiger partial charge in [-0.2, -0.15) is 0 Å². The molecule has 1 aromatic carbocycles. The molecule has 2 aromatic rings. The quantitative estimate of drug-likeness (QED) is 0.812. The Morgan fingerprint density at radius 1 is 1.19 bits per heavy atom. The standard InChI is InChI=1S/C22H29NO2S/c1-16-7-5-6-8-19(16)22(11-12-25-21(3,4)15-22)13-20(24)23-14-18-10-9-17(2)26-18/h5-10H,11-15H2,1-4H3,(H,23,24)/t22-/m1/s1. The SMILES string of the molecule is Cc1ccc(CNC(=O)C[C@]2(c3ccccc3C)CCOC(C)(C)C2)s1. The number of rotatable bonds is 5. The molecule has 3 rings (SSSR count). The van der Waals surface area contributed by atoms with Crippen molar-refractivity contribution in [2.75, 3.05) is 6.61 Å². The number of thiophene rings is 1. The molecule has 1 saturated heterocycles. The maximum atomic E-state index is 12.8. The van der Waals surface area contributed by atoms with Crippen molar-refractivity contribution in [2.45, 2.75) is 64.5 Å². The molecule has 0 radical (unpaired) electrons. The molecule has 3 nitrogen and oxygen atoms in total. The van der Waals surface area contributed by atoms with Crippen molar-refractivity contribution < 1.29 is 9.53 Å². The number of hydrogen-bond acceptors (Lipinski definition) is 3. The highest BCUT2D eigenvalue weighted by Gasteiger charge is 2.44. The molecule has 0 bridgehead atoms. The van der Waals surface area contributed by atoms with Crippen molar-refractivity contribution in [3.05, 3.63) is 57.3 Å². The van der Waals surface area contributed by atoms with Gasteiger partial charge in [0.2, 0.25) is 5.91 Å². The van der Waals surface area contributed by atoms with Gasteiger partial charge in [0.25, 0.3) is 0 Å². The number of hydrogen-bond donors (Lipinski definition) is 1. The van der Waals surface area contributed by atoms with Crippen molar-refractivity contribution in [3.8, 4) is 0 Å². The fourth-order valence-electron chi connectivity index (χ4n) is 4.26. The molecule has 1 amide bonds. The van der Waals surface area contributed by atoms with Crippen LogP contribution in [0.5, 0.6) is 0 Å². The highest BCUT2D eigenvalue weighted by molar-refractivity contribution is 7.11. The second-order valence-corrected chi connectivity index (χ2v) is 9.47. The first kappa shape index (κ1) is 19.1. The molecule has 1 aromatic heterocycles. The summed E-state index contributed by atoms with van der Waals surface area (Å²) in [4.78, 5) is 15.3. The van der Waals surface area contributed by atoms with Crippen LogP contribution < -0.4 is 5.32 Å². The molecule has 1 aliphatic rings. The minimum Gasteiger partial charge on any atom is -0.376 e. The minimum absolute atomic E-state index is 0.122. The molecule has 0 aliphatic carbocycles. The Balaban J connectivity index is 1.80. The van der Waals surface area contributed by atoms with Crippen LogP contribution in [0.25, 0.3) is 0 Å². The molecule has 1 atom stereocenters. The fraction of sp³-hybridized carbons (Fsp3) is 0.500. The van der Waals surface area contributed by atoms with Gasteiger partial charge in [-0.25, -0.2) is 0 Å². The molecule has 4 heteroatoms. The zero-order valence-corrected chi connectivity index (χ0v) is 17.0. The average molecular weight is 372 g/mol. The summed E-state index contributed by atoms with van der Waals surface area (Å²) in [6.07, 6.45) is 2.25. The van der Waals surface area contributed by atoms with E-state index < -0.39 is 0 Å². The first-order valence-corrected chi connectivity index (χ1v) is 10.1. The summed E-state index contributed by atoms with van der Waals surface area (Å²) < 4.78 is 5.97. The van der Waals surface area contributed by atoms with Crippen LogP contribution in [0.15, 0.2) is 36.4 Å². The second kappa shape index (κ2) is 7.53. The normalized spacial score (nSPS) is 22.2. The zero-order chi connectivity index (χ0) is 18.8. The molecule has 140 valence electrons. The number of aryl methyl sites for hydroxylation is 2. The molecular weight excluding hydrogens is 342 g/mol. The monoisotopic (exact) mass is 371 g/mol. The number of carbonyl (C=O) groups is 1. The number of nitrogens with one attached hydrogen (secondary N) is 1. The van der Waals surface area contributed by atoms with Crippen LogP contribution >= 0.6 is 11.3 Å². The van der Waals surface area contributed by atoms with E-state index in [0.29, 0.717) is 19.6 Å². The number of amides is 1. The Labute approximate surface area is 160 Å². The van der Waals surface area contributed by atoms with Crippen molar-refractivity contribution in [3.63, 3.8) is 0 Å². The van der Waals surface area contributed by atoms with Gasteiger partial charge in [-0.15, -0.1) is 11.3 Å². The van der Waals surface area contributed by atoms with Gasteiger partial charge in [0.05, 0.1) is 12.1 Å². The molecule has 0 saturated carbocycles. The van der Waals surface area contributed by atoms with E-state index in [1.165, 1.54) is 20.9 Å². The number of benzene rings is 1. The van der Waals surface area contributed by atoms with Gasteiger partial charge < -0.3 is 10.1 Å². The van der Waals surface area contributed by atoms with Crippen LogP contribution in [-0.4, -0.2) is 18.1 Å². The van der Waals surface area contributed by atoms with Gasteiger partial charge in [0.1, 0.15) is 0 Å². The van der Waals surface area contributed by atoms with E-state index in [1.807, 2.05) is 0 Å². The topological polar surface area (TPSA) is 38.3 Å².